The topological polar surface area (TPSA) is 77.8 Å². The first kappa shape index (κ1) is 23.5. The van der Waals surface area contributed by atoms with E-state index in [2.05, 4.69) is 15.5 Å². The Labute approximate surface area is 212 Å². The predicted molar refractivity (Wildman–Crippen MR) is 141 cm³/mol. The zero-order valence-electron chi connectivity index (χ0n) is 19.2. The summed E-state index contributed by atoms with van der Waals surface area (Å²) in [5, 5.41) is 6.55. The van der Waals surface area contributed by atoms with Gasteiger partial charge in [0.1, 0.15) is 11.4 Å². The molecule has 2 N–H and O–H groups in total. The number of hydrogen-bond acceptors (Lipinski definition) is 5. The number of carbonyl (C=O) groups excluding carboxylic acids is 2. The Morgan fingerprint density at radius 3 is 2.36 bits per heavy atom. The Morgan fingerprint density at radius 1 is 0.889 bits per heavy atom. The maximum absolute atomic E-state index is 13.3. The molecular formula is C27H23FN4O3S. The number of anilines is 2. The molecule has 3 aromatic carbocycles. The maximum atomic E-state index is 13.3. The van der Waals surface area contributed by atoms with Gasteiger partial charge in [0.05, 0.1) is 0 Å². The summed E-state index contributed by atoms with van der Waals surface area (Å²) >= 11 is 5.21. The second-order valence-electron chi connectivity index (χ2n) is 8.39. The Balaban J connectivity index is 1.13. The number of para-hydroxylation sites is 1. The minimum atomic E-state index is -0.489. The third-order valence-electron chi connectivity index (χ3n) is 6.01. The van der Waals surface area contributed by atoms with Crippen molar-refractivity contribution in [2.75, 3.05) is 36.4 Å². The monoisotopic (exact) mass is 502 g/mol. The van der Waals surface area contributed by atoms with E-state index in [1.165, 1.54) is 18.2 Å². The van der Waals surface area contributed by atoms with Crippen molar-refractivity contribution in [2.45, 2.75) is 0 Å². The molecule has 0 aliphatic carbocycles. The molecule has 0 bridgehead atoms. The van der Waals surface area contributed by atoms with Gasteiger partial charge in [0.25, 0.3) is 11.8 Å². The fourth-order valence-electron chi connectivity index (χ4n) is 4.13. The van der Waals surface area contributed by atoms with Crippen molar-refractivity contribution in [3.8, 4) is 0 Å². The van der Waals surface area contributed by atoms with Gasteiger partial charge < -0.3 is 19.5 Å². The predicted octanol–water partition coefficient (Wildman–Crippen LogP) is 4.66. The number of fused-ring (bicyclic) bond motifs is 1. The molecule has 0 spiro atoms. The van der Waals surface area contributed by atoms with Gasteiger partial charge in [0.15, 0.2) is 10.9 Å². The molecule has 9 heteroatoms. The number of furan rings is 1. The van der Waals surface area contributed by atoms with E-state index >= 15 is 0 Å². The van der Waals surface area contributed by atoms with Gasteiger partial charge in [-0.2, -0.15) is 0 Å². The van der Waals surface area contributed by atoms with Crippen molar-refractivity contribution in [2.24, 2.45) is 0 Å². The first-order valence-electron chi connectivity index (χ1n) is 11.5. The number of amides is 2. The van der Waals surface area contributed by atoms with E-state index in [4.69, 9.17) is 16.6 Å². The van der Waals surface area contributed by atoms with Crippen molar-refractivity contribution in [1.29, 1.82) is 0 Å². The smallest absolute Gasteiger partial charge is 0.289 e. The molecule has 4 aromatic rings. The zero-order valence-corrected chi connectivity index (χ0v) is 20.1. The second kappa shape index (κ2) is 10.2. The number of carbonyl (C=O) groups is 2. The molecule has 182 valence electrons. The molecule has 1 aliphatic heterocycles. The summed E-state index contributed by atoms with van der Waals surface area (Å²) in [6.07, 6.45) is 0. The van der Waals surface area contributed by atoms with Gasteiger partial charge in [-0.25, -0.2) is 4.39 Å². The Bertz CT molecular complexity index is 1400. The SMILES string of the molecule is O=C(NC(=S)Nc1ccc(N2CCN(C(=O)c3cc4ccccc4o3)CC2)cc1)c1cccc(F)c1. The van der Waals surface area contributed by atoms with Crippen LogP contribution >= 0.6 is 12.2 Å². The van der Waals surface area contributed by atoms with Gasteiger partial charge in [0, 0.05) is 48.5 Å². The third-order valence-corrected chi connectivity index (χ3v) is 6.21. The number of benzene rings is 3. The van der Waals surface area contributed by atoms with Crippen LogP contribution in [0.25, 0.3) is 11.0 Å². The molecule has 1 saturated heterocycles. The van der Waals surface area contributed by atoms with Crippen LogP contribution in [0.15, 0.2) is 83.3 Å². The van der Waals surface area contributed by atoms with Gasteiger partial charge >= 0.3 is 0 Å². The van der Waals surface area contributed by atoms with E-state index in [0.717, 1.165) is 17.1 Å². The van der Waals surface area contributed by atoms with Crippen molar-refractivity contribution in [3.63, 3.8) is 0 Å². The molecule has 1 aliphatic rings. The van der Waals surface area contributed by atoms with Crippen LogP contribution in [0.3, 0.4) is 0 Å². The van der Waals surface area contributed by atoms with Gasteiger partial charge in [-0.3, -0.25) is 14.9 Å². The maximum Gasteiger partial charge on any atom is 0.289 e. The summed E-state index contributed by atoms with van der Waals surface area (Å²) in [5.74, 6) is -0.713. The van der Waals surface area contributed by atoms with Gasteiger partial charge in [-0.1, -0.05) is 24.3 Å². The van der Waals surface area contributed by atoms with Crippen molar-refractivity contribution < 1.29 is 18.4 Å². The van der Waals surface area contributed by atoms with Crippen LogP contribution < -0.4 is 15.5 Å². The molecule has 0 unspecified atom stereocenters. The van der Waals surface area contributed by atoms with E-state index in [-0.39, 0.29) is 16.6 Å². The molecule has 7 nitrogen and oxygen atoms in total. The zero-order chi connectivity index (χ0) is 25.1. The standard InChI is InChI=1S/C27H23FN4O3S/c28-20-6-3-5-19(16-20)25(33)30-27(36)29-21-8-10-22(11-9-21)31-12-14-32(15-13-31)26(34)24-17-18-4-1-2-7-23(18)35-24/h1-11,16-17H,12-15H2,(H2,29,30,33,36). The van der Waals surface area contributed by atoms with E-state index < -0.39 is 11.7 Å². The minimum Gasteiger partial charge on any atom is -0.451 e. The second-order valence-corrected chi connectivity index (χ2v) is 8.80. The van der Waals surface area contributed by atoms with Gasteiger partial charge in [-0.05, 0) is 66.8 Å². The fourth-order valence-corrected chi connectivity index (χ4v) is 4.34. The van der Waals surface area contributed by atoms with E-state index in [9.17, 15) is 14.0 Å². The lowest BCUT2D eigenvalue weighted by Crippen LogP contribution is -2.48. The van der Waals surface area contributed by atoms with E-state index in [0.29, 0.717) is 43.2 Å². The summed E-state index contributed by atoms with van der Waals surface area (Å²) in [4.78, 5) is 29.1. The van der Waals surface area contributed by atoms with Crippen molar-refractivity contribution in [1.82, 2.24) is 10.2 Å². The van der Waals surface area contributed by atoms with Crippen molar-refractivity contribution in [3.05, 3.63) is 96.0 Å². The lowest BCUT2D eigenvalue weighted by atomic mass is 10.2. The number of thiocarbonyl (C=S) groups is 1. The van der Waals surface area contributed by atoms with Crippen LogP contribution in [-0.4, -0.2) is 48.0 Å². The molecular weight excluding hydrogens is 479 g/mol. The number of hydrogen-bond donors (Lipinski definition) is 2. The highest BCUT2D eigenvalue weighted by Gasteiger charge is 2.24. The molecule has 0 atom stereocenters. The van der Waals surface area contributed by atoms with Crippen LogP contribution in [0.4, 0.5) is 15.8 Å². The Morgan fingerprint density at radius 2 is 1.64 bits per heavy atom. The van der Waals surface area contributed by atoms with Crippen LogP contribution in [0.2, 0.25) is 0 Å². The lowest BCUT2D eigenvalue weighted by Gasteiger charge is -2.35. The Hall–Kier alpha value is -4.24. The quantitative estimate of drug-likeness (QED) is 0.395. The minimum absolute atomic E-state index is 0.0980. The summed E-state index contributed by atoms with van der Waals surface area (Å²) in [5.41, 5.74) is 2.63. The van der Waals surface area contributed by atoms with Gasteiger partial charge in [0.2, 0.25) is 0 Å². The average molecular weight is 503 g/mol. The number of rotatable bonds is 4. The van der Waals surface area contributed by atoms with E-state index in [1.54, 1.807) is 6.07 Å². The third kappa shape index (κ3) is 5.21. The molecule has 2 amide bonds. The summed E-state index contributed by atoms with van der Waals surface area (Å²) in [6, 6.07) is 22.4. The number of halogens is 1. The summed E-state index contributed by atoms with van der Waals surface area (Å²) in [6.45, 7) is 2.57. The molecule has 5 rings (SSSR count). The first-order valence-corrected chi connectivity index (χ1v) is 11.9. The summed E-state index contributed by atoms with van der Waals surface area (Å²) in [7, 11) is 0. The highest BCUT2D eigenvalue weighted by Crippen LogP contribution is 2.23. The molecule has 1 fully saturated rings. The van der Waals surface area contributed by atoms with Crippen LogP contribution in [-0.2, 0) is 0 Å². The normalized spacial score (nSPS) is 13.5. The summed E-state index contributed by atoms with van der Waals surface area (Å²) < 4.78 is 19.1. The largest absolute Gasteiger partial charge is 0.451 e. The van der Waals surface area contributed by atoms with Crippen molar-refractivity contribution >= 4 is 51.5 Å². The number of nitrogens with one attached hydrogen (secondary N) is 2. The lowest BCUT2D eigenvalue weighted by molar-refractivity contribution is 0.0717. The molecule has 0 radical (unpaired) electrons. The van der Waals surface area contributed by atoms with E-state index in [1.807, 2.05) is 53.4 Å². The van der Waals surface area contributed by atoms with Crippen LogP contribution in [0.5, 0.6) is 0 Å². The Kier molecular flexibility index (Phi) is 6.64. The average Bonchev–Trinajstić information content (AvgIpc) is 3.33. The highest BCUT2D eigenvalue weighted by atomic mass is 32.1. The fraction of sp³-hybridized carbons (Fsp3) is 0.148. The molecule has 1 aromatic heterocycles. The van der Waals surface area contributed by atoms with Crippen LogP contribution in [0.1, 0.15) is 20.9 Å². The molecule has 0 saturated carbocycles. The molecule has 2 heterocycles. The van der Waals surface area contributed by atoms with Crippen LogP contribution in [0, 0.1) is 5.82 Å². The number of piperazine rings is 1. The first-order chi connectivity index (χ1) is 17.5. The molecule has 36 heavy (non-hydrogen) atoms. The van der Waals surface area contributed by atoms with Gasteiger partial charge in [-0.15, -0.1) is 0 Å². The highest BCUT2D eigenvalue weighted by molar-refractivity contribution is 7.80. The number of nitrogens with zero attached hydrogens (tertiary/aromatic N) is 2.